The summed E-state index contributed by atoms with van der Waals surface area (Å²) in [5, 5.41) is 3.31. The van der Waals surface area contributed by atoms with E-state index in [4.69, 9.17) is 14.9 Å². The number of hydrogen-bond acceptors (Lipinski definition) is 5. The van der Waals surface area contributed by atoms with Crippen molar-refractivity contribution >= 4 is 34.4 Å². The van der Waals surface area contributed by atoms with Crippen molar-refractivity contribution < 1.29 is 23.5 Å². The normalized spacial score (nSPS) is 10.4. The minimum Gasteiger partial charge on any atom is -0.450 e. The number of amides is 2. The smallest absolute Gasteiger partial charge is 0.374 e. The van der Waals surface area contributed by atoms with E-state index in [1.54, 1.807) is 24.3 Å². The van der Waals surface area contributed by atoms with E-state index in [9.17, 15) is 14.4 Å². The first kappa shape index (κ1) is 16.3. The maximum absolute atomic E-state index is 11.9. The van der Waals surface area contributed by atoms with Gasteiger partial charge < -0.3 is 20.2 Å². The van der Waals surface area contributed by atoms with Crippen LogP contribution in [0.2, 0.25) is 0 Å². The van der Waals surface area contributed by atoms with E-state index in [1.807, 2.05) is 6.07 Å². The number of ether oxygens (including phenoxy) is 1. The van der Waals surface area contributed by atoms with Crippen LogP contribution in [0.3, 0.4) is 0 Å². The van der Waals surface area contributed by atoms with Crippen LogP contribution in [0.1, 0.15) is 20.9 Å². The molecule has 2 amide bonds. The summed E-state index contributed by atoms with van der Waals surface area (Å²) in [6, 6.07) is 14.7. The van der Waals surface area contributed by atoms with Gasteiger partial charge in [0.2, 0.25) is 11.7 Å². The third-order valence-electron chi connectivity index (χ3n) is 3.41. The van der Waals surface area contributed by atoms with Crippen LogP contribution in [0.25, 0.3) is 11.0 Å². The fraction of sp³-hybridized carbons (Fsp3) is 0.0556. The number of para-hydroxylation sites is 1. The van der Waals surface area contributed by atoms with Crippen molar-refractivity contribution in [3.8, 4) is 0 Å². The van der Waals surface area contributed by atoms with Gasteiger partial charge in [0, 0.05) is 16.6 Å². The van der Waals surface area contributed by atoms with Crippen LogP contribution in [-0.4, -0.2) is 24.4 Å². The Bertz CT molecular complexity index is 911. The summed E-state index contributed by atoms with van der Waals surface area (Å²) in [6.45, 7) is -0.465. The number of primary amides is 1. The summed E-state index contributed by atoms with van der Waals surface area (Å²) in [6.07, 6.45) is 0. The highest BCUT2D eigenvalue weighted by atomic mass is 16.5. The number of carbonyl (C=O) groups is 3. The highest BCUT2D eigenvalue weighted by Gasteiger charge is 2.15. The SMILES string of the molecule is NC(=O)c1ccc(NC(=O)COC(=O)c2cc3ccccc3o2)cc1. The number of benzene rings is 2. The Morgan fingerprint density at radius 2 is 1.76 bits per heavy atom. The summed E-state index contributed by atoms with van der Waals surface area (Å²) >= 11 is 0. The lowest BCUT2D eigenvalue weighted by atomic mass is 10.2. The molecule has 3 N–H and O–H groups in total. The zero-order valence-corrected chi connectivity index (χ0v) is 13.0. The number of fused-ring (bicyclic) bond motifs is 1. The Hall–Kier alpha value is -3.61. The Kier molecular flexibility index (Phi) is 4.47. The highest BCUT2D eigenvalue weighted by molar-refractivity contribution is 5.97. The van der Waals surface area contributed by atoms with Crippen LogP contribution in [0, 0.1) is 0 Å². The molecule has 0 saturated carbocycles. The van der Waals surface area contributed by atoms with E-state index in [0.29, 0.717) is 16.8 Å². The molecule has 25 heavy (non-hydrogen) atoms. The van der Waals surface area contributed by atoms with E-state index in [-0.39, 0.29) is 5.76 Å². The van der Waals surface area contributed by atoms with Crippen molar-refractivity contribution in [3.63, 3.8) is 0 Å². The van der Waals surface area contributed by atoms with Gasteiger partial charge in [-0.05, 0) is 36.4 Å². The number of anilines is 1. The number of esters is 1. The lowest BCUT2D eigenvalue weighted by Crippen LogP contribution is -2.20. The first-order valence-electron chi connectivity index (χ1n) is 7.38. The lowest BCUT2D eigenvalue weighted by Gasteiger charge is -2.06. The molecule has 3 rings (SSSR count). The van der Waals surface area contributed by atoms with Crippen molar-refractivity contribution in [1.82, 2.24) is 0 Å². The summed E-state index contributed by atoms with van der Waals surface area (Å²) in [5.74, 6) is -1.77. The molecule has 126 valence electrons. The van der Waals surface area contributed by atoms with Crippen LogP contribution >= 0.6 is 0 Å². The molecule has 0 saturated heterocycles. The van der Waals surface area contributed by atoms with Gasteiger partial charge >= 0.3 is 5.97 Å². The van der Waals surface area contributed by atoms with Crippen LogP contribution in [-0.2, 0) is 9.53 Å². The molecule has 0 bridgehead atoms. The molecular formula is C18H14N2O5. The number of nitrogens with one attached hydrogen (secondary N) is 1. The molecule has 0 fully saturated rings. The van der Waals surface area contributed by atoms with Gasteiger partial charge in [0.15, 0.2) is 6.61 Å². The third-order valence-corrected chi connectivity index (χ3v) is 3.41. The molecule has 0 unspecified atom stereocenters. The average molecular weight is 338 g/mol. The molecule has 1 aromatic heterocycles. The fourth-order valence-electron chi connectivity index (χ4n) is 2.20. The molecule has 3 aromatic rings. The van der Waals surface area contributed by atoms with Crippen molar-refractivity contribution in [3.05, 3.63) is 65.9 Å². The molecule has 0 aliphatic heterocycles. The van der Waals surface area contributed by atoms with E-state index in [0.717, 1.165) is 5.39 Å². The van der Waals surface area contributed by atoms with E-state index < -0.39 is 24.4 Å². The minimum atomic E-state index is -0.726. The number of furan rings is 1. The summed E-state index contributed by atoms with van der Waals surface area (Å²) in [4.78, 5) is 34.8. The molecule has 0 spiro atoms. The van der Waals surface area contributed by atoms with Gasteiger partial charge in [-0.25, -0.2) is 4.79 Å². The minimum absolute atomic E-state index is 0.0276. The van der Waals surface area contributed by atoms with Gasteiger partial charge in [-0.2, -0.15) is 0 Å². The van der Waals surface area contributed by atoms with Crippen LogP contribution in [0.4, 0.5) is 5.69 Å². The Morgan fingerprint density at radius 3 is 2.44 bits per heavy atom. The molecule has 0 radical (unpaired) electrons. The molecule has 0 aliphatic rings. The number of nitrogens with two attached hydrogens (primary N) is 1. The van der Waals surface area contributed by atoms with Crippen molar-refractivity contribution in [2.45, 2.75) is 0 Å². The van der Waals surface area contributed by atoms with Crippen molar-refractivity contribution in [2.75, 3.05) is 11.9 Å². The zero-order valence-electron chi connectivity index (χ0n) is 13.0. The van der Waals surface area contributed by atoms with Crippen LogP contribution < -0.4 is 11.1 Å². The first-order valence-corrected chi connectivity index (χ1v) is 7.38. The monoisotopic (exact) mass is 338 g/mol. The highest BCUT2D eigenvalue weighted by Crippen LogP contribution is 2.19. The Labute approximate surface area is 142 Å². The second-order valence-corrected chi connectivity index (χ2v) is 5.21. The molecule has 7 nitrogen and oxygen atoms in total. The number of hydrogen-bond donors (Lipinski definition) is 2. The largest absolute Gasteiger partial charge is 0.450 e. The Morgan fingerprint density at radius 1 is 1.04 bits per heavy atom. The quantitative estimate of drug-likeness (QED) is 0.693. The Balaban J connectivity index is 1.56. The maximum atomic E-state index is 11.9. The van der Waals surface area contributed by atoms with Gasteiger partial charge in [-0.3, -0.25) is 9.59 Å². The average Bonchev–Trinajstić information content (AvgIpc) is 3.04. The van der Waals surface area contributed by atoms with E-state index in [1.165, 1.54) is 24.3 Å². The second kappa shape index (κ2) is 6.88. The standard InChI is InChI=1S/C18H14N2O5/c19-17(22)11-5-7-13(8-6-11)20-16(21)10-24-18(23)15-9-12-3-1-2-4-14(12)25-15/h1-9H,10H2,(H2,19,22)(H,20,21). The van der Waals surface area contributed by atoms with Gasteiger partial charge in [0.1, 0.15) is 5.58 Å². The molecule has 7 heteroatoms. The molecule has 0 atom stereocenters. The second-order valence-electron chi connectivity index (χ2n) is 5.21. The summed E-state index contributed by atoms with van der Waals surface area (Å²) < 4.78 is 10.3. The zero-order chi connectivity index (χ0) is 17.8. The maximum Gasteiger partial charge on any atom is 0.374 e. The summed E-state index contributed by atoms with van der Waals surface area (Å²) in [7, 11) is 0. The van der Waals surface area contributed by atoms with Gasteiger partial charge in [0.05, 0.1) is 0 Å². The first-order chi connectivity index (χ1) is 12.0. The van der Waals surface area contributed by atoms with Crippen LogP contribution in [0.15, 0.2) is 59.0 Å². The van der Waals surface area contributed by atoms with Gasteiger partial charge in [0.25, 0.3) is 5.91 Å². The van der Waals surface area contributed by atoms with Crippen molar-refractivity contribution in [2.24, 2.45) is 5.73 Å². The van der Waals surface area contributed by atoms with Gasteiger partial charge in [-0.15, -0.1) is 0 Å². The van der Waals surface area contributed by atoms with E-state index in [2.05, 4.69) is 5.32 Å². The topological polar surface area (TPSA) is 112 Å². The number of rotatable bonds is 5. The third kappa shape index (κ3) is 3.84. The van der Waals surface area contributed by atoms with Crippen molar-refractivity contribution in [1.29, 1.82) is 0 Å². The predicted molar refractivity (Wildman–Crippen MR) is 90.1 cm³/mol. The lowest BCUT2D eigenvalue weighted by molar-refractivity contribution is -0.119. The van der Waals surface area contributed by atoms with E-state index >= 15 is 0 Å². The van der Waals surface area contributed by atoms with Crippen LogP contribution in [0.5, 0.6) is 0 Å². The molecule has 0 aliphatic carbocycles. The number of carbonyl (C=O) groups excluding carboxylic acids is 3. The predicted octanol–water partition coefficient (Wildman–Crippen LogP) is 2.33. The fourth-order valence-corrected chi connectivity index (χ4v) is 2.20. The molecule has 2 aromatic carbocycles. The molecular weight excluding hydrogens is 324 g/mol. The van der Waals surface area contributed by atoms with Gasteiger partial charge in [-0.1, -0.05) is 18.2 Å². The molecule has 1 heterocycles. The summed E-state index contributed by atoms with van der Waals surface area (Å²) in [5.41, 5.74) is 6.48.